The molecule has 1 saturated heterocycles. The van der Waals surface area contributed by atoms with Crippen LogP contribution in [0, 0.1) is 5.82 Å². The van der Waals surface area contributed by atoms with E-state index in [0.29, 0.717) is 12.0 Å². The Labute approximate surface area is 149 Å². The van der Waals surface area contributed by atoms with Crippen molar-refractivity contribution < 1.29 is 14.2 Å². The third-order valence-corrected chi connectivity index (χ3v) is 3.78. The minimum atomic E-state index is -0.401. The molecule has 1 aromatic carbocycles. The zero-order chi connectivity index (χ0) is 15.4. The van der Waals surface area contributed by atoms with Crippen molar-refractivity contribution in [2.45, 2.75) is 19.4 Å². The monoisotopic (exact) mass is 366 g/mol. The summed E-state index contributed by atoms with van der Waals surface area (Å²) in [6.45, 7) is 9.40. The van der Waals surface area contributed by atoms with Crippen LogP contribution in [-0.2, 0) is 0 Å². The van der Waals surface area contributed by atoms with Gasteiger partial charge >= 0.3 is 0 Å². The van der Waals surface area contributed by atoms with Crippen LogP contribution in [-0.4, -0.2) is 43.3 Å². The van der Waals surface area contributed by atoms with Gasteiger partial charge in [0.25, 0.3) is 0 Å². The summed E-state index contributed by atoms with van der Waals surface area (Å²) in [5.74, 6) is -0.211. The van der Waals surface area contributed by atoms with Crippen LogP contribution in [0.3, 0.4) is 0 Å². The molecule has 2 rings (SSSR count). The molecule has 4 nitrogen and oxygen atoms in total. The largest absolute Gasteiger partial charge is 0.504 e. The number of halogens is 3. The molecule has 1 aromatic rings. The van der Waals surface area contributed by atoms with Gasteiger partial charge in [0.05, 0.1) is 7.11 Å². The predicted octanol–water partition coefficient (Wildman–Crippen LogP) is 3.30. The number of nitrogens with zero attached hydrogens (tertiary/aromatic N) is 1. The number of benzene rings is 1. The average Bonchev–Trinajstić information content (AvgIpc) is 2.47. The lowest BCUT2D eigenvalue weighted by Crippen LogP contribution is -2.45. The molecular weight excluding hydrogens is 342 g/mol. The Morgan fingerprint density at radius 1 is 1.39 bits per heavy atom. The molecule has 1 atom stereocenters. The highest BCUT2D eigenvalue weighted by atomic mass is 35.5. The van der Waals surface area contributed by atoms with E-state index < -0.39 is 5.82 Å². The summed E-state index contributed by atoms with van der Waals surface area (Å²) in [6.07, 6.45) is 0.681. The fourth-order valence-corrected chi connectivity index (χ4v) is 2.76. The minimum Gasteiger partial charge on any atom is -0.504 e. The molecule has 0 aliphatic carbocycles. The summed E-state index contributed by atoms with van der Waals surface area (Å²) in [7, 11) is 1.43. The van der Waals surface area contributed by atoms with E-state index >= 15 is 0 Å². The number of phenolic OH excluding ortho intramolecular Hbond substituents is 1. The van der Waals surface area contributed by atoms with Crippen LogP contribution >= 0.6 is 24.8 Å². The van der Waals surface area contributed by atoms with Crippen molar-refractivity contribution in [3.05, 3.63) is 35.7 Å². The molecule has 23 heavy (non-hydrogen) atoms. The highest BCUT2D eigenvalue weighted by Crippen LogP contribution is 2.39. The maximum absolute atomic E-state index is 13.8. The zero-order valence-corrected chi connectivity index (χ0v) is 15.1. The van der Waals surface area contributed by atoms with Gasteiger partial charge in [-0.15, -0.1) is 31.4 Å². The van der Waals surface area contributed by atoms with Crippen LogP contribution in [0.25, 0.3) is 0 Å². The van der Waals surface area contributed by atoms with E-state index in [2.05, 4.69) is 16.8 Å². The quantitative estimate of drug-likeness (QED) is 0.784. The topological polar surface area (TPSA) is 44.7 Å². The van der Waals surface area contributed by atoms with E-state index in [-0.39, 0.29) is 42.4 Å². The fourth-order valence-electron chi connectivity index (χ4n) is 2.76. The lowest BCUT2D eigenvalue weighted by molar-refractivity contribution is 0.169. The molecule has 0 bridgehead atoms. The van der Waals surface area contributed by atoms with Crippen molar-refractivity contribution in [2.75, 3.05) is 33.3 Å². The van der Waals surface area contributed by atoms with Gasteiger partial charge in [-0.2, -0.15) is 0 Å². The SMILES string of the molecule is C=C(C)C[C@@H](c1cc(F)cc(OC)c1O)N1CCNCC1.Cl.Cl. The molecular formula is C16H25Cl2FN2O2. The number of phenols is 1. The van der Waals surface area contributed by atoms with Gasteiger partial charge in [-0.05, 0) is 19.4 Å². The third kappa shape index (κ3) is 5.53. The Bertz CT molecular complexity index is 523. The number of ether oxygens (including phenoxy) is 1. The smallest absolute Gasteiger partial charge is 0.163 e. The second-order valence-electron chi connectivity index (χ2n) is 5.51. The van der Waals surface area contributed by atoms with E-state index in [0.717, 1.165) is 31.8 Å². The molecule has 1 aliphatic heterocycles. The number of piperazine rings is 1. The molecule has 0 aromatic heterocycles. The fraction of sp³-hybridized carbons (Fsp3) is 0.500. The van der Waals surface area contributed by atoms with E-state index in [1.807, 2.05) is 6.92 Å². The van der Waals surface area contributed by atoms with Gasteiger partial charge < -0.3 is 15.2 Å². The Morgan fingerprint density at radius 2 is 2.00 bits per heavy atom. The van der Waals surface area contributed by atoms with Crippen molar-refractivity contribution in [1.82, 2.24) is 10.2 Å². The average molecular weight is 367 g/mol. The maximum Gasteiger partial charge on any atom is 0.163 e. The van der Waals surface area contributed by atoms with Crippen LogP contribution in [0.4, 0.5) is 4.39 Å². The van der Waals surface area contributed by atoms with E-state index in [9.17, 15) is 9.50 Å². The van der Waals surface area contributed by atoms with Gasteiger partial charge in [0.15, 0.2) is 11.5 Å². The molecule has 1 aliphatic rings. The van der Waals surface area contributed by atoms with E-state index in [1.54, 1.807) is 0 Å². The Kier molecular flexibility index (Phi) is 9.54. The van der Waals surface area contributed by atoms with E-state index in [4.69, 9.17) is 4.74 Å². The standard InChI is InChI=1S/C16H23FN2O2.2ClH/c1-11(2)8-14(19-6-4-18-5-7-19)13-9-12(17)10-15(21-3)16(13)20;;/h9-10,14,18,20H,1,4-8H2,2-3H3;2*1H/t14-;;/m0../s1. The van der Waals surface area contributed by atoms with Crippen molar-refractivity contribution in [3.63, 3.8) is 0 Å². The second-order valence-corrected chi connectivity index (χ2v) is 5.51. The number of nitrogens with one attached hydrogen (secondary N) is 1. The molecule has 0 unspecified atom stereocenters. The lowest BCUT2D eigenvalue weighted by atomic mass is 9.96. The van der Waals surface area contributed by atoms with Crippen molar-refractivity contribution in [1.29, 1.82) is 0 Å². The van der Waals surface area contributed by atoms with Crippen LogP contribution in [0.15, 0.2) is 24.3 Å². The first-order valence-corrected chi connectivity index (χ1v) is 7.18. The minimum absolute atomic E-state index is 0. The normalized spacial score (nSPS) is 16.0. The highest BCUT2D eigenvalue weighted by Gasteiger charge is 2.26. The first-order chi connectivity index (χ1) is 10.0. The summed E-state index contributed by atoms with van der Waals surface area (Å²) < 4.78 is 18.9. The van der Waals surface area contributed by atoms with E-state index in [1.165, 1.54) is 19.2 Å². The highest BCUT2D eigenvalue weighted by molar-refractivity contribution is 5.85. The molecule has 0 spiro atoms. The predicted molar refractivity (Wildman–Crippen MR) is 95.7 cm³/mol. The van der Waals surface area contributed by atoms with Crippen LogP contribution in [0.2, 0.25) is 0 Å². The number of hydrogen-bond donors (Lipinski definition) is 2. The molecule has 7 heteroatoms. The molecule has 0 amide bonds. The molecule has 0 radical (unpaired) electrons. The third-order valence-electron chi connectivity index (χ3n) is 3.78. The summed E-state index contributed by atoms with van der Waals surface area (Å²) in [5.41, 5.74) is 1.57. The van der Waals surface area contributed by atoms with Gasteiger partial charge in [0.2, 0.25) is 0 Å². The Balaban J connectivity index is 0.00000242. The summed E-state index contributed by atoms with van der Waals surface area (Å²) in [5, 5.41) is 13.7. The zero-order valence-electron chi connectivity index (χ0n) is 13.5. The second kappa shape index (κ2) is 9.98. The molecule has 0 saturated carbocycles. The van der Waals surface area contributed by atoms with Gasteiger partial charge in [0, 0.05) is 43.9 Å². The first-order valence-electron chi connectivity index (χ1n) is 7.18. The number of methoxy groups -OCH3 is 1. The first kappa shape index (κ1) is 22.0. The summed E-state index contributed by atoms with van der Waals surface area (Å²) in [4.78, 5) is 2.25. The van der Waals surface area contributed by atoms with Gasteiger partial charge in [-0.1, -0.05) is 5.57 Å². The van der Waals surface area contributed by atoms with Crippen molar-refractivity contribution >= 4 is 24.8 Å². The number of rotatable bonds is 5. The van der Waals surface area contributed by atoms with Gasteiger partial charge in [-0.3, -0.25) is 4.90 Å². The van der Waals surface area contributed by atoms with Gasteiger partial charge in [0.1, 0.15) is 5.82 Å². The maximum atomic E-state index is 13.8. The molecule has 132 valence electrons. The Hall–Kier alpha value is -1.01. The van der Waals surface area contributed by atoms with Crippen LogP contribution < -0.4 is 10.1 Å². The van der Waals surface area contributed by atoms with Crippen molar-refractivity contribution in [3.8, 4) is 11.5 Å². The summed E-state index contributed by atoms with van der Waals surface area (Å²) in [6, 6.07) is 2.51. The van der Waals surface area contributed by atoms with Crippen LogP contribution in [0.1, 0.15) is 24.9 Å². The summed E-state index contributed by atoms with van der Waals surface area (Å²) >= 11 is 0. The van der Waals surface area contributed by atoms with Crippen LogP contribution in [0.5, 0.6) is 11.5 Å². The Morgan fingerprint density at radius 3 is 2.52 bits per heavy atom. The number of aromatic hydroxyl groups is 1. The number of hydrogen-bond acceptors (Lipinski definition) is 4. The molecule has 1 fully saturated rings. The van der Waals surface area contributed by atoms with Gasteiger partial charge in [-0.25, -0.2) is 4.39 Å². The molecule has 2 N–H and O–H groups in total. The molecule has 1 heterocycles. The van der Waals surface area contributed by atoms with Crippen molar-refractivity contribution in [2.24, 2.45) is 0 Å². The lowest BCUT2D eigenvalue weighted by Gasteiger charge is -2.35.